The highest BCUT2D eigenvalue weighted by Crippen LogP contribution is 2.40. The number of hydrogen-bond donors (Lipinski definition) is 1. The van der Waals surface area contributed by atoms with E-state index in [9.17, 15) is 0 Å². The Morgan fingerprint density at radius 2 is 2.00 bits per heavy atom. The van der Waals surface area contributed by atoms with E-state index < -0.39 is 0 Å². The molecule has 0 spiro atoms. The molecular formula is C15H19N3O. The second kappa shape index (κ2) is 5.03. The number of nitrogen functional groups attached to an aromatic ring is 1. The van der Waals surface area contributed by atoms with Crippen molar-refractivity contribution in [3.8, 4) is 11.3 Å². The summed E-state index contributed by atoms with van der Waals surface area (Å²) >= 11 is 0. The van der Waals surface area contributed by atoms with Crippen LogP contribution in [0.2, 0.25) is 0 Å². The number of anilines is 1. The summed E-state index contributed by atoms with van der Waals surface area (Å²) in [5.74, 6) is 1.65. The highest BCUT2D eigenvalue weighted by atomic mass is 16.5. The van der Waals surface area contributed by atoms with Crippen molar-refractivity contribution in [1.82, 2.24) is 10.1 Å². The van der Waals surface area contributed by atoms with Gasteiger partial charge in [-0.1, -0.05) is 31.0 Å². The average molecular weight is 257 g/mol. The van der Waals surface area contributed by atoms with Crippen LogP contribution in [0.3, 0.4) is 0 Å². The normalized spacial score (nSPS) is 23.4. The first kappa shape index (κ1) is 12.2. The molecule has 2 N–H and O–H groups in total. The van der Waals surface area contributed by atoms with Crippen LogP contribution in [0, 0.1) is 5.92 Å². The van der Waals surface area contributed by atoms with Gasteiger partial charge in [0.15, 0.2) is 0 Å². The van der Waals surface area contributed by atoms with Crippen molar-refractivity contribution in [2.75, 3.05) is 5.73 Å². The predicted molar refractivity (Wildman–Crippen MR) is 74.5 cm³/mol. The molecule has 4 heteroatoms. The van der Waals surface area contributed by atoms with Crippen molar-refractivity contribution in [3.05, 3.63) is 30.1 Å². The van der Waals surface area contributed by atoms with Crippen LogP contribution in [-0.4, -0.2) is 10.1 Å². The van der Waals surface area contributed by atoms with Gasteiger partial charge in [0.25, 0.3) is 0 Å². The minimum atomic E-state index is 0.382. The second-order valence-electron chi connectivity index (χ2n) is 5.48. The molecule has 100 valence electrons. The quantitative estimate of drug-likeness (QED) is 0.892. The van der Waals surface area contributed by atoms with Crippen molar-refractivity contribution in [2.24, 2.45) is 5.92 Å². The van der Waals surface area contributed by atoms with Gasteiger partial charge >= 0.3 is 0 Å². The van der Waals surface area contributed by atoms with Gasteiger partial charge in [-0.2, -0.15) is 0 Å². The Morgan fingerprint density at radius 1 is 1.21 bits per heavy atom. The van der Waals surface area contributed by atoms with Crippen LogP contribution >= 0.6 is 0 Å². The van der Waals surface area contributed by atoms with Crippen molar-refractivity contribution in [2.45, 2.75) is 38.5 Å². The lowest BCUT2D eigenvalue weighted by Gasteiger charge is -2.25. The molecule has 0 atom stereocenters. The van der Waals surface area contributed by atoms with Gasteiger partial charge in [0.05, 0.1) is 17.0 Å². The van der Waals surface area contributed by atoms with Crippen LogP contribution in [0.4, 0.5) is 5.88 Å². The standard InChI is InChI=1S/C15H19N3O/c1-10-5-7-11(8-6-10)14-13(15(16)19-18-14)12-4-2-3-9-17-12/h2-4,9-11H,5-8,16H2,1H3. The third-order valence-corrected chi connectivity index (χ3v) is 4.07. The zero-order valence-electron chi connectivity index (χ0n) is 11.2. The topological polar surface area (TPSA) is 64.9 Å². The number of pyridine rings is 1. The van der Waals surface area contributed by atoms with E-state index in [1.54, 1.807) is 6.20 Å². The molecule has 0 unspecified atom stereocenters. The smallest absolute Gasteiger partial charge is 0.231 e. The van der Waals surface area contributed by atoms with Crippen LogP contribution in [0.25, 0.3) is 11.3 Å². The molecule has 0 amide bonds. The summed E-state index contributed by atoms with van der Waals surface area (Å²) in [7, 11) is 0. The third kappa shape index (κ3) is 2.35. The fourth-order valence-corrected chi connectivity index (χ4v) is 2.90. The Hall–Kier alpha value is -1.84. The molecule has 1 aliphatic rings. The molecular weight excluding hydrogens is 238 g/mol. The SMILES string of the molecule is CC1CCC(c2noc(N)c2-c2ccccn2)CC1. The lowest BCUT2D eigenvalue weighted by Crippen LogP contribution is -2.12. The van der Waals surface area contributed by atoms with Crippen molar-refractivity contribution in [3.63, 3.8) is 0 Å². The number of nitrogens with zero attached hydrogens (tertiary/aromatic N) is 2. The van der Waals surface area contributed by atoms with Crippen LogP contribution < -0.4 is 5.73 Å². The Balaban J connectivity index is 1.95. The van der Waals surface area contributed by atoms with Gasteiger partial charge in [-0.25, -0.2) is 0 Å². The second-order valence-corrected chi connectivity index (χ2v) is 5.48. The van der Waals surface area contributed by atoms with Gasteiger partial charge in [0.2, 0.25) is 5.88 Å². The van der Waals surface area contributed by atoms with Gasteiger partial charge in [-0.05, 0) is 30.9 Å². The number of nitrogens with two attached hydrogens (primary N) is 1. The monoisotopic (exact) mass is 257 g/mol. The average Bonchev–Trinajstić information content (AvgIpc) is 2.82. The Bertz CT molecular complexity index is 542. The first-order valence-electron chi connectivity index (χ1n) is 6.92. The molecule has 2 aromatic rings. The Labute approximate surface area is 113 Å². The van der Waals surface area contributed by atoms with Crippen molar-refractivity contribution in [1.29, 1.82) is 0 Å². The van der Waals surface area contributed by atoms with Crippen LogP contribution in [-0.2, 0) is 0 Å². The third-order valence-electron chi connectivity index (χ3n) is 4.07. The molecule has 3 rings (SSSR count). The minimum absolute atomic E-state index is 0.382. The predicted octanol–water partition coefficient (Wildman–Crippen LogP) is 3.61. The molecule has 1 saturated carbocycles. The van der Waals surface area contributed by atoms with E-state index in [4.69, 9.17) is 10.3 Å². The van der Waals surface area contributed by atoms with Crippen molar-refractivity contribution >= 4 is 5.88 Å². The maximum absolute atomic E-state index is 5.94. The summed E-state index contributed by atoms with van der Waals surface area (Å²) in [6, 6.07) is 5.81. The zero-order chi connectivity index (χ0) is 13.2. The molecule has 0 aliphatic heterocycles. The molecule has 19 heavy (non-hydrogen) atoms. The minimum Gasteiger partial charge on any atom is -0.367 e. The molecule has 0 saturated heterocycles. The molecule has 1 aliphatic carbocycles. The molecule has 2 heterocycles. The summed E-state index contributed by atoms with van der Waals surface area (Å²) in [5, 5.41) is 4.20. The van der Waals surface area contributed by atoms with E-state index in [2.05, 4.69) is 17.1 Å². The van der Waals surface area contributed by atoms with Crippen molar-refractivity contribution < 1.29 is 4.52 Å². The molecule has 0 aromatic carbocycles. The van der Waals surface area contributed by atoms with Gasteiger partial charge in [0, 0.05) is 12.1 Å². The van der Waals surface area contributed by atoms with Gasteiger partial charge in [0.1, 0.15) is 0 Å². The molecule has 1 fully saturated rings. The zero-order valence-corrected chi connectivity index (χ0v) is 11.2. The lowest BCUT2D eigenvalue weighted by molar-refractivity contribution is 0.331. The summed E-state index contributed by atoms with van der Waals surface area (Å²) in [5.41, 5.74) is 8.67. The summed E-state index contributed by atoms with van der Waals surface area (Å²) < 4.78 is 5.22. The van der Waals surface area contributed by atoms with Crippen LogP contribution in [0.15, 0.2) is 28.9 Å². The summed E-state index contributed by atoms with van der Waals surface area (Å²) in [6.45, 7) is 2.31. The fraction of sp³-hybridized carbons (Fsp3) is 0.467. The lowest BCUT2D eigenvalue weighted by atomic mass is 9.80. The maximum Gasteiger partial charge on any atom is 0.231 e. The van der Waals surface area contributed by atoms with Gasteiger partial charge in [-0.3, -0.25) is 4.98 Å². The van der Waals surface area contributed by atoms with E-state index in [0.29, 0.717) is 11.8 Å². The van der Waals surface area contributed by atoms with E-state index in [1.165, 1.54) is 12.8 Å². The summed E-state index contributed by atoms with van der Waals surface area (Å²) in [4.78, 5) is 4.37. The van der Waals surface area contributed by atoms with E-state index >= 15 is 0 Å². The number of hydrogen-bond acceptors (Lipinski definition) is 4. The first-order valence-corrected chi connectivity index (χ1v) is 6.92. The maximum atomic E-state index is 5.94. The summed E-state index contributed by atoms with van der Waals surface area (Å²) in [6.07, 6.45) is 6.59. The highest BCUT2D eigenvalue weighted by Gasteiger charge is 2.27. The molecule has 2 aromatic heterocycles. The van der Waals surface area contributed by atoms with Crippen LogP contribution in [0.1, 0.15) is 44.2 Å². The number of aromatic nitrogens is 2. The Morgan fingerprint density at radius 3 is 2.68 bits per heavy atom. The van der Waals surface area contributed by atoms with Crippen LogP contribution in [0.5, 0.6) is 0 Å². The van der Waals surface area contributed by atoms with Gasteiger partial charge < -0.3 is 10.3 Å². The first-order chi connectivity index (χ1) is 9.25. The largest absolute Gasteiger partial charge is 0.367 e. The molecule has 0 bridgehead atoms. The number of rotatable bonds is 2. The molecule has 4 nitrogen and oxygen atoms in total. The highest BCUT2D eigenvalue weighted by molar-refractivity contribution is 5.72. The molecule has 0 radical (unpaired) electrons. The van der Waals surface area contributed by atoms with E-state index in [0.717, 1.165) is 35.7 Å². The Kier molecular flexibility index (Phi) is 3.23. The van der Waals surface area contributed by atoms with Gasteiger partial charge in [-0.15, -0.1) is 0 Å². The fourth-order valence-electron chi connectivity index (χ4n) is 2.90. The van der Waals surface area contributed by atoms with E-state index in [1.807, 2.05) is 18.2 Å². The van der Waals surface area contributed by atoms with E-state index in [-0.39, 0.29) is 0 Å².